The van der Waals surface area contributed by atoms with Gasteiger partial charge in [-0.15, -0.1) is 0 Å². The summed E-state index contributed by atoms with van der Waals surface area (Å²) in [4.78, 5) is 2.10. The maximum absolute atomic E-state index is 2.17. The van der Waals surface area contributed by atoms with Crippen LogP contribution in [0.2, 0.25) is 0 Å². The van der Waals surface area contributed by atoms with Crippen LogP contribution in [0.25, 0.3) is 0 Å². The quantitative estimate of drug-likeness (QED) is 0.539. The number of hydrogen-bond acceptors (Lipinski definition) is 1. The van der Waals surface area contributed by atoms with E-state index in [2.05, 4.69) is 50.2 Å². The molecule has 0 unspecified atom stereocenters. The average molecular weight is 142 g/mol. The van der Waals surface area contributed by atoms with E-state index in [4.69, 9.17) is 0 Å². The van der Waals surface area contributed by atoms with E-state index >= 15 is 0 Å². The van der Waals surface area contributed by atoms with Crippen molar-refractivity contribution in [2.24, 2.45) is 0 Å². The summed E-state index contributed by atoms with van der Waals surface area (Å²) < 4.78 is 0. The van der Waals surface area contributed by atoms with Crippen LogP contribution in [0.5, 0.6) is 0 Å². The molecule has 1 radical (unpaired) electrons. The van der Waals surface area contributed by atoms with Crippen LogP contribution in [0.3, 0.4) is 0 Å². The van der Waals surface area contributed by atoms with Crippen molar-refractivity contribution >= 4 is 24.5 Å². The molecule has 1 aromatic carbocycles. The third kappa shape index (κ3) is 3.01. The van der Waals surface area contributed by atoms with Gasteiger partial charge in [-0.05, 0) is 24.6 Å². The van der Waals surface area contributed by atoms with Gasteiger partial charge in [0.2, 0.25) is 0 Å². The summed E-state index contributed by atoms with van der Waals surface area (Å²) in [7, 11) is 4.10. The summed E-state index contributed by atoms with van der Waals surface area (Å²) in [5.74, 6) is 0. The molecule has 0 N–H and O–H groups in total. The number of aryl methyl sites for hydroxylation is 1. The molecule has 0 fully saturated rings. The van der Waals surface area contributed by atoms with Gasteiger partial charge in [-0.2, -0.15) is 0 Å². The van der Waals surface area contributed by atoms with Gasteiger partial charge >= 0.3 is 0 Å². The van der Waals surface area contributed by atoms with Crippen molar-refractivity contribution in [2.45, 2.75) is 6.92 Å². The van der Waals surface area contributed by atoms with Crippen molar-refractivity contribution in [1.82, 2.24) is 0 Å². The van der Waals surface area contributed by atoms with Crippen LogP contribution in [-0.2, 0) is 0 Å². The van der Waals surface area contributed by atoms with E-state index < -0.39 is 0 Å². The third-order valence-corrected chi connectivity index (χ3v) is 1.52. The van der Waals surface area contributed by atoms with Crippen molar-refractivity contribution < 1.29 is 0 Å². The molecule has 0 saturated heterocycles. The molecule has 0 bridgehead atoms. The Morgan fingerprint density at radius 1 is 1.18 bits per heavy atom. The Kier molecular flexibility index (Phi) is 4.33. The van der Waals surface area contributed by atoms with Gasteiger partial charge < -0.3 is 4.90 Å². The number of nitrogens with zero attached hydrogens (tertiary/aromatic N) is 1. The minimum Gasteiger partial charge on any atom is -0.378 e. The van der Waals surface area contributed by atoms with E-state index in [9.17, 15) is 0 Å². The zero-order chi connectivity index (χ0) is 7.56. The molecule has 2 heteroatoms. The largest absolute Gasteiger partial charge is 0.378 e. The molecule has 1 nitrogen and oxygen atoms in total. The molecule has 0 aliphatic heterocycles. The zero-order valence-corrected chi connectivity index (χ0v) is 7.76. The fourth-order valence-electron chi connectivity index (χ4n) is 0.906. The van der Waals surface area contributed by atoms with Crippen molar-refractivity contribution in [3.05, 3.63) is 29.8 Å². The molecule has 0 atom stereocenters. The van der Waals surface area contributed by atoms with Crippen LogP contribution in [0, 0.1) is 6.92 Å². The molecule has 0 amide bonds. The molecular weight excluding hydrogens is 129 g/mol. The summed E-state index contributed by atoms with van der Waals surface area (Å²) in [6.07, 6.45) is 0. The molecule has 0 saturated carbocycles. The smallest absolute Gasteiger partial charge is 0.0363 e. The Hall–Kier alpha value is -0.383. The number of benzene rings is 1. The minimum atomic E-state index is 0. The maximum Gasteiger partial charge on any atom is 0.0363 e. The van der Waals surface area contributed by atoms with Crippen molar-refractivity contribution in [3.63, 3.8) is 0 Å². The van der Waals surface area contributed by atoms with Gasteiger partial charge in [0.15, 0.2) is 0 Å². The number of anilines is 1. The Morgan fingerprint density at radius 3 is 2.18 bits per heavy atom. The van der Waals surface area contributed by atoms with Gasteiger partial charge in [-0.1, -0.05) is 12.1 Å². The molecular formula is C9H13LiN. The number of hydrogen-bond donors (Lipinski definition) is 0. The second kappa shape index (κ2) is 4.49. The van der Waals surface area contributed by atoms with E-state index in [1.54, 1.807) is 0 Å². The van der Waals surface area contributed by atoms with E-state index in [0.717, 1.165) is 0 Å². The molecule has 55 valence electrons. The van der Waals surface area contributed by atoms with Crippen molar-refractivity contribution in [3.8, 4) is 0 Å². The standard InChI is InChI=1S/C9H13N.Li/c1-8-5-4-6-9(7-8)10(2)3;/h4-7H,1-3H3;. The van der Waals surface area contributed by atoms with E-state index in [1.807, 2.05) is 0 Å². The second-order valence-electron chi connectivity index (χ2n) is 2.73. The molecule has 1 rings (SSSR count). The average Bonchev–Trinajstić information content (AvgIpc) is 1.88. The number of rotatable bonds is 1. The van der Waals surface area contributed by atoms with Gasteiger partial charge in [0.05, 0.1) is 0 Å². The Labute approximate surface area is 80.6 Å². The molecule has 0 aliphatic rings. The molecule has 0 aliphatic carbocycles. The first kappa shape index (κ1) is 10.6. The van der Waals surface area contributed by atoms with Gasteiger partial charge in [0.1, 0.15) is 0 Å². The molecule has 0 spiro atoms. The zero-order valence-electron chi connectivity index (χ0n) is 7.76. The first-order chi connectivity index (χ1) is 4.70. The predicted octanol–water partition coefficient (Wildman–Crippen LogP) is 1.68. The first-order valence-electron chi connectivity index (χ1n) is 3.44. The summed E-state index contributed by atoms with van der Waals surface area (Å²) in [6, 6.07) is 8.45. The maximum atomic E-state index is 2.17. The monoisotopic (exact) mass is 142 g/mol. The van der Waals surface area contributed by atoms with Gasteiger partial charge in [-0.25, -0.2) is 0 Å². The molecule has 0 heterocycles. The molecule has 11 heavy (non-hydrogen) atoms. The summed E-state index contributed by atoms with van der Waals surface area (Å²) in [5, 5.41) is 0. The van der Waals surface area contributed by atoms with Crippen molar-refractivity contribution in [1.29, 1.82) is 0 Å². The van der Waals surface area contributed by atoms with Crippen LogP contribution in [0.4, 0.5) is 5.69 Å². The van der Waals surface area contributed by atoms with Crippen LogP contribution >= 0.6 is 0 Å². The molecule has 1 aromatic rings. The van der Waals surface area contributed by atoms with Gasteiger partial charge in [0, 0.05) is 38.6 Å². The first-order valence-corrected chi connectivity index (χ1v) is 3.44. The van der Waals surface area contributed by atoms with Gasteiger partial charge in [-0.3, -0.25) is 0 Å². The van der Waals surface area contributed by atoms with Gasteiger partial charge in [0.25, 0.3) is 0 Å². The topological polar surface area (TPSA) is 3.24 Å². The third-order valence-electron chi connectivity index (χ3n) is 1.52. The summed E-state index contributed by atoms with van der Waals surface area (Å²) in [5.41, 5.74) is 2.58. The normalized spacial score (nSPS) is 8.64. The Morgan fingerprint density at radius 2 is 1.82 bits per heavy atom. The van der Waals surface area contributed by atoms with Crippen LogP contribution in [0.15, 0.2) is 24.3 Å². The SMILES string of the molecule is Cc1cccc(N(C)C)c1.[Li]. The minimum absolute atomic E-state index is 0. The fourth-order valence-corrected chi connectivity index (χ4v) is 0.906. The van der Waals surface area contributed by atoms with Crippen LogP contribution in [-0.4, -0.2) is 33.0 Å². The van der Waals surface area contributed by atoms with E-state index in [0.29, 0.717) is 0 Å². The van der Waals surface area contributed by atoms with Crippen molar-refractivity contribution in [2.75, 3.05) is 19.0 Å². The molecule has 0 aromatic heterocycles. The summed E-state index contributed by atoms with van der Waals surface area (Å²) in [6.45, 7) is 2.10. The van der Waals surface area contributed by atoms with E-state index in [1.165, 1.54) is 11.3 Å². The Bertz CT molecular complexity index is 221. The van der Waals surface area contributed by atoms with E-state index in [-0.39, 0.29) is 18.9 Å². The predicted molar refractivity (Wildman–Crippen MR) is 51.3 cm³/mol. The van der Waals surface area contributed by atoms with Crippen LogP contribution < -0.4 is 4.90 Å². The fraction of sp³-hybridized carbons (Fsp3) is 0.333. The second-order valence-corrected chi connectivity index (χ2v) is 2.73. The summed E-state index contributed by atoms with van der Waals surface area (Å²) >= 11 is 0. The Balaban J connectivity index is 0.000001000. The van der Waals surface area contributed by atoms with Crippen LogP contribution in [0.1, 0.15) is 5.56 Å².